The number of anilines is 4. The maximum absolute atomic E-state index is 14.7. The van der Waals surface area contributed by atoms with Gasteiger partial charge in [-0.25, -0.2) is 9.37 Å². The van der Waals surface area contributed by atoms with Crippen LogP contribution in [0.4, 0.5) is 27.5 Å². The standard InChI is InChI=1S/C26H28FN5O3/c1-14-31(2)20-12-28-24(29-19-6-17-3-4-35-21(17)7-18(19)27)30-22(20)32(14)26-10-15-5-16(11-26)9-25(8-15,13-26)23(33)34/h6-7,12,15-16H,1,3-5,8-11,13H2,2H3,(H,33,34)(H,28,29,30). The zero-order valence-electron chi connectivity index (χ0n) is 19.7. The van der Waals surface area contributed by atoms with E-state index in [0.29, 0.717) is 48.1 Å². The highest BCUT2D eigenvalue weighted by Gasteiger charge is 2.64. The van der Waals surface area contributed by atoms with Gasteiger partial charge in [0.1, 0.15) is 23.1 Å². The molecule has 0 amide bonds. The van der Waals surface area contributed by atoms with Crippen molar-refractivity contribution < 1.29 is 19.0 Å². The molecule has 8 rings (SSSR count). The Morgan fingerprint density at radius 1 is 1.29 bits per heavy atom. The molecule has 2 atom stereocenters. The van der Waals surface area contributed by atoms with Gasteiger partial charge in [-0.05, 0) is 62.0 Å². The van der Waals surface area contributed by atoms with Gasteiger partial charge in [-0.2, -0.15) is 4.98 Å². The van der Waals surface area contributed by atoms with Crippen molar-refractivity contribution in [1.29, 1.82) is 0 Å². The molecule has 4 saturated carbocycles. The van der Waals surface area contributed by atoms with Crippen molar-refractivity contribution in [3.63, 3.8) is 0 Å². The summed E-state index contributed by atoms with van der Waals surface area (Å²) in [4.78, 5) is 25.9. The molecule has 2 N–H and O–H groups in total. The number of rotatable bonds is 4. The molecule has 1 aromatic heterocycles. The lowest BCUT2D eigenvalue weighted by molar-refractivity contribution is -0.166. The first-order valence-corrected chi connectivity index (χ1v) is 12.3. The number of aromatic nitrogens is 2. The fourth-order valence-electron chi connectivity index (χ4n) is 7.88. The van der Waals surface area contributed by atoms with Crippen LogP contribution in [0.5, 0.6) is 5.75 Å². The Kier molecular flexibility index (Phi) is 4.11. The van der Waals surface area contributed by atoms with Crippen LogP contribution in [0.3, 0.4) is 0 Å². The number of ether oxygens (including phenoxy) is 1. The van der Waals surface area contributed by atoms with Gasteiger partial charge < -0.3 is 25.0 Å². The number of carboxylic acids is 1. The summed E-state index contributed by atoms with van der Waals surface area (Å²) in [6, 6.07) is 3.16. The average Bonchev–Trinajstić information content (AvgIpc) is 3.34. The van der Waals surface area contributed by atoms with Crippen LogP contribution < -0.4 is 19.9 Å². The Morgan fingerprint density at radius 3 is 2.80 bits per heavy atom. The molecule has 4 fully saturated rings. The van der Waals surface area contributed by atoms with Crippen molar-refractivity contribution in [3.05, 3.63) is 42.1 Å². The quantitative estimate of drug-likeness (QED) is 0.668. The number of aliphatic carboxylic acids is 1. The minimum atomic E-state index is -0.671. The highest BCUT2D eigenvalue weighted by atomic mass is 19.1. The molecule has 2 aliphatic heterocycles. The molecule has 9 heteroatoms. The number of hydrogen-bond acceptors (Lipinski definition) is 7. The van der Waals surface area contributed by atoms with Crippen molar-refractivity contribution in [2.45, 2.75) is 50.5 Å². The van der Waals surface area contributed by atoms with E-state index in [1.165, 1.54) is 6.07 Å². The van der Waals surface area contributed by atoms with Gasteiger partial charge in [-0.3, -0.25) is 4.79 Å². The lowest BCUT2D eigenvalue weighted by Gasteiger charge is -2.63. The summed E-state index contributed by atoms with van der Waals surface area (Å²) in [5.41, 5.74) is 1.09. The predicted molar refractivity (Wildman–Crippen MR) is 128 cm³/mol. The number of carbonyl (C=O) groups is 1. The van der Waals surface area contributed by atoms with Gasteiger partial charge in [-0.1, -0.05) is 6.58 Å². The summed E-state index contributed by atoms with van der Waals surface area (Å²) >= 11 is 0. The molecular weight excluding hydrogens is 449 g/mol. The third-order valence-corrected chi connectivity index (χ3v) is 8.95. The van der Waals surface area contributed by atoms with Gasteiger partial charge in [-0.15, -0.1) is 0 Å². The van der Waals surface area contributed by atoms with E-state index < -0.39 is 17.2 Å². The summed E-state index contributed by atoms with van der Waals surface area (Å²) < 4.78 is 20.2. The van der Waals surface area contributed by atoms with Crippen LogP contribution in [0.2, 0.25) is 0 Å². The summed E-state index contributed by atoms with van der Waals surface area (Å²) in [5, 5.41) is 13.3. The van der Waals surface area contributed by atoms with E-state index in [1.54, 1.807) is 12.3 Å². The molecule has 4 bridgehead atoms. The van der Waals surface area contributed by atoms with Crippen LogP contribution in [0.1, 0.15) is 44.1 Å². The third kappa shape index (κ3) is 2.87. The summed E-state index contributed by atoms with van der Waals surface area (Å²) in [5.74, 6) is 2.09. The third-order valence-electron chi connectivity index (χ3n) is 8.95. The Morgan fingerprint density at radius 2 is 2.06 bits per heavy atom. The first kappa shape index (κ1) is 21.0. The SMILES string of the molecule is C=C1N(C)c2cnc(Nc3cc4c(cc3F)OCC4)nc2N1C12CC3CC(CC(C(=O)O)(C3)C1)C2. The van der Waals surface area contributed by atoms with Crippen molar-refractivity contribution in [2.24, 2.45) is 17.3 Å². The molecule has 1 aromatic carbocycles. The fourth-order valence-corrected chi connectivity index (χ4v) is 7.88. The van der Waals surface area contributed by atoms with E-state index in [2.05, 4.69) is 21.8 Å². The lowest BCUT2D eigenvalue weighted by atomic mass is 9.46. The van der Waals surface area contributed by atoms with Crippen LogP contribution in [0, 0.1) is 23.1 Å². The molecule has 0 saturated heterocycles. The molecule has 2 aromatic rings. The Hall–Kier alpha value is -3.36. The smallest absolute Gasteiger partial charge is 0.309 e. The van der Waals surface area contributed by atoms with Crippen LogP contribution in [-0.2, 0) is 11.2 Å². The molecule has 3 heterocycles. The summed E-state index contributed by atoms with van der Waals surface area (Å²) in [7, 11) is 1.94. The number of nitrogens with one attached hydrogen (secondary N) is 1. The Labute approximate surface area is 202 Å². The van der Waals surface area contributed by atoms with Crippen molar-refractivity contribution in [2.75, 3.05) is 28.8 Å². The van der Waals surface area contributed by atoms with Crippen LogP contribution in [0.25, 0.3) is 0 Å². The molecule has 182 valence electrons. The van der Waals surface area contributed by atoms with E-state index in [1.807, 2.05) is 11.9 Å². The zero-order valence-corrected chi connectivity index (χ0v) is 19.7. The van der Waals surface area contributed by atoms with Crippen LogP contribution in [-0.4, -0.2) is 40.2 Å². The number of benzene rings is 1. The number of halogens is 1. The first-order chi connectivity index (χ1) is 16.8. The van der Waals surface area contributed by atoms with E-state index in [0.717, 1.165) is 55.6 Å². The Bertz CT molecular complexity index is 1280. The summed E-state index contributed by atoms with van der Waals surface area (Å²) in [6.07, 6.45) is 7.59. The largest absolute Gasteiger partial charge is 0.493 e. The van der Waals surface area contributed by atoms with Crippen molar-refractivity contribution >= 4 is 29.1 Å². The predicted octanol–water partition coefficient (Wildman–Crippen LogP) is 4.45. The van der Waals surface area contributed by atoms with Gasteiger partial charge in [0.15, 0.2) is 5.82 Å². The van der Waals surface area contributed by atoms with Gasteiger partial charge >= 0.3 is 5.97 Å². The minimum Gasteiger partial charge on any atom is -0.493 e. The molecule has 8 nitrogen and oxygen atoms in total. The first-order valence-electron chi connectivity index (χ1n) is 12.3. The molecular formula is C26H28FN5O3. The number of fused-ring (bicyclic) bond motifs is 2. The monoisotopic (exact) mass is 477 g/mol. The second kappa shape index (κ2) is 6.86. The number of hydrogen-bond donors (Lipinski definition) is 2. The maximum atomic E-state index is 14.7. The maximum Gasteiger partial charge on any atom is 0.309 e. The van der Waals surface area contributed by atoms with Gasteiger partial charge in [0, 0.05) is 25.1 Å². The Balaban J connectivity index is 1.28. The molecule has 0 spiro atoms. The van der Waals surface area contributed by atoms with Crippen LogP contribution in [0.15, 0.2) is 30.7 Å². The topological polar surface area (TPSA) is 90.8 Å². The second-order valence-electron chi connectivity index (χ2n) is 11.1. The van der Waals surface area contributed by atoms with E-state index in [-0.39, 0.29) is 5.54 Å². The number of carboxylic acid groups (broad SMARTS) is 1. The molecule has 4 aliphatic carbocycles. The summed E-state index contributed by atoms with van der Waals surface area (Å²) in [6.45, 7) is 4.92. The zero-order chi connectivity index (χ0) is 24.1. The molecule has 0 radical (unpaired) electrons. The van der Waals surface area contributed by atoms with Crippen molar-refractivity contribution in [3.8, 4) is 5.75 Å². The van der Waals surface area contributed by atoms with Gasteiger partial charge in [0.05, 0.1) is 23.9 Å². The van der Waals surface area contributed by atoms with Gasteiger partial charge in [0.2, 0.25) is 5.95 Å². The van der Waals surface area contributed by atoms with E-state index >= 15 is 0 Å². The van der Waals surface area contributed by atoms with E-state index in [4.69, 9.17) is 9.72 Å². The molecule has 2 unspecified atom stereocenters. The average molecular weight is 478 g/mol. The minimum absolute atomic E-state index is 0.298. The molecule has 35 heavy (non-hydrogen) atoms. The van der Waals surface area contributed by atoms with E-state index in [9.17, 15) is 14.3 Å². The molecule has 6 aliphatic rings. The van der Waals surface area contributed by atoms with Gasteiger partial charge in [0.25, 0.3) is 0 Å². The van der Waals surface area contributed by atoms with Crippen molar-refractivity contribution in [1.82, 2.24) is 9.97 Å². The van der Waals surface area contributed by atoms with Crippen LogP contribution >= 0.6 is 0 Å². The number of nitrogens with zero attached hydrogens (tertiary/aromatic N) is 4. The normalized spacial score (nSPS) is 32.0. The highest BCUT2D eigenvalue weighted by Crippen LogP contribution is 2.65. The lowest BCUT2D eigenvalue weighted by Crippen LogP contribution is -2.64. The fraction of sp³-hybridized carbons (Fsp3) is 0.500. The second-order valence-corrected chi connectivity index (χ2v) is 11.1. The highest BCUT2D eigenvalue weighted by molar-refractivity contribution is 5.82.